The average molecular weight is 869 g/mol. The molecule has 0 aliphatic heterocycles. The molecular weight excluding hydrogens is 812 g/mol. The minimum absolute atomic E-state index is 0.0585. The van der Waals surface area contributed by atoms with Gasteiger partial charge >= 0.3 is 48.0 Å². The van der Waals surface area contributed by atoms with Crippen LogP contribution in [0.1, 0.15) is 52.7 Å². The molecule has 0 bridgehead atoms. The third-order valence-corrected chi connectivity index (χ3v) is 8.03. The second-order valence-electron chi connectivity index (χ2n) is 14.8. The second kappa shape index (κ2) is 25.6. The molecule has 18 heteroatoms. The van der Waals surface area contributed by atoms with Gasteiger partial charge in [-0.25, -0.2) is 38.4 Å². The fourth-order valence-corrected chi connectivity index (χ4v) is 4.29. The average Bonchev–Trinajstić information content (AvgIpc) is 3.22. The molecule has 2 N–H and O–H groups in total. The highest BCUT2D eigenvalue weighted by atomic mass is 16.6. The molecule has 0 spiro atoms. The first-order valence-electron chi connectivity index (χ1n) is 18.8. The Morgan fingerprint density at radius 3 is 0.823 bits per heavy atom. The Hall–Kier alpha value is -6.98. The molecule has 0 unspecified atom stereocenters. The Labute approximate surface area is 360 Å². The standard InChI is InChI=1S/C44H56N2O16/c1-27(2)35(47)55-19-43(20-56-36(48)28(3)4,21-57-37(49)29(5)6)25-61-41(53)45-17-33-14-13-15-34(16-33)18-46-42(54)62-26-44(22-58-38(50)30(7)8,23-59-39(51)31(9)10)24-60-40(52)32(11)12/h13-16H,1,3,5,7,9,11,17-26H2,2,4,6,8,10,12H3,(H,45,53)(H,46,54). The normalized spacial score (nSPS) is 10.7. The number of carbonyl (C=O) groups excluding carboxylic acids is 8. The van der Waals surface area contributed by atoms with Crippen LogP contribution >= 0.6 is 0 Å². The van der Waals surface area contributed by atoms with Crippen LogP contribution < -0.4 is 10.6 Å². The van der Waals surface area contributed by atoms with Crippen molar-refractivity contribution in [1.29, 1.82) is 0 Å². The molecule has 18 nitrogen and oxygen atoms in total. The number of carbonyl (C=O) groups is 8. The minimum atomic E-state index is -1.56. The summed E-state index contributed by atoms with van der Waals surface area (Å²) < 4.78 is 42.7. The zero-order valence-corrected chi connectivity index (χ0v) is 36.2. The van der Waals surface area contributed by atoms with Crippen LogP contribution in [0.15, 0.2) is 97.2 Å². The number of nitrogens with one attached hydrogen (secondary N) is 2. The molecule has 0 aliphatic rings. The fourth-order valence-electron chi connectivity index (χ4n) is 4.29. The van der Waals surface area contributed by atoms with E-state index in [2.05, 4.69) is 50.1 Å². The van der Waals surface area contributed by atoms with Crippen molar-refractivity contribution < 1.29 is 76.3 Å². The molecule has 62 heavy (non-hydrogen) atoms. The number of rotatable bonds is 26. The fraction of sp³-hybridized carbons (Fsp3) is 0.409. The van der Waals surface area contributed by atoms with Crippen LogP contribution in [-0.2, 0) is 79.8 Å². The highest BCUT2D eigenvalue weighted by Crippen LogP contribution is 2.24. The van der Waals surface area contributed by atoms with Gasteiger partial charge in [0.2, 0.25) is 0 Å². The number of ether oxygens (including phenoxy) is 8. The van der Waals surface area contributed by atoms with Crippen LogP contribution in [0.2, 0.25) is 0 Å². The minimum Gasteiger partial charge on any atom is -0.461 e. The summed E-state index contributed by atoms with van der Waals surface area (Å²) in [6, 6.07) is 6.67. The van der Waals surface area contributed by atoms with E-state index in [-0.39, 0.29) is 46.5 Å². The molecular formula is C44H56N2O16. The SMILES string of the molecule is C=C(C)C(=O)OCC(COC(=O)NCc1cccc(CNC(=O)OCC(COC(=O)C(=C)C)(COC(=O)C(=C)C)COC(=O)C(=C)C)c1)(COC(=O)C(=C)C)COC(=O)C(=C)C. The van der Waals surface area contributed by atoms with Crippen molar-refractivity contribution in [2.45, 2.75) is 54.6 Å². The van der Waals surface area contributed by atoms with Gasteiger partial charge in [0.15, 0.2) is 0 Å². The lowest BCUT2D eigenvalue weighted by Crippen LogP contribution is -2.45. The lowest BCUT2D eigenvalue weighted by Gasteiger charge is -2.31. The van der Waals surface area contributed by atoms with E-state index in [1.165, 1.54) is 41.5 Å². The Kier molecular flexibility index (Phi) is 21.9. The summed E-state index contributed by atoms with van der Waals surface area (Å²) in [4.78, 5) is 99.6. The molecule has 1 aromatic rings. The van der Waals surface area contributed by atoms with Crippen LogP contribution in [-0.4, -0.2) is 101 Å². The van der Waals surface area contributed by atoms with Crippen molar-refractivity contribution in [3.8, 4) is 0 Å². The Balaban J connectivity index is 3.10. The highest BCUT2D eigenvalue weighted by Gasteiger charge is 2.39. The highest BCUT2D eigenvalue weighted by molar-refractivity contribution is 5.89. The van der Waals surface area contributed by atoms with Gasteiger partial charge < -0.3 is 48.5 Å². The predicted molar refractivity (Wildman–Crippen MR) is 222 cm³/mol. The Morgan fingerprint density at radius 2 is 0.613 bits per heavy atom. The smallest absolute Gasteiger partial charge is 0.407 e. The lowest BCUT2D eigenvalue weighted by atomic mass is 9.92. The van der Waals surface area contributed by atoms with E-state index in [9.17, 15) is 38.4 Å². The lowest BCUT2D eigenvalue weighted by molar-refractivity contribution is -0.162. The van der Waals surface area contributed by atoms with Gasteiger partial charge in [0.1, 0.15) is 63.7 Å². The van der Waals surface area contributed by atoms with E-state index in [0.29, 0.717) is 11.1 Å². The summed E-state index contributed by atoms with van der Waals surface area (Å²) in [5, 5.41) is 5.14. The van der Waals surface area contributed by atoms with Crippen LogP contribution in [0.4, 0.5) is 9.59 Å². The number of esters is 6. The first-order valence-corrected chi connectivity index (χ1v) is 18.8. The topological polar surface area (TPSA) is 234 Å². The summed E-state index contributed by atoms with van der Waals surface area (Å²) in [5.74, 6) is -4.77. The van der Waals surface area contributed by atoms with Crippen molar-refractivity contribution in [2.75, 3.05) is 52.9 Å². The molecule has 2 amide bonds. The van der Waals surface area contributed by atoms with Gasteiger partial charge in [0, 0.05) is 46.5 Å². The van der Waals surface area contributed by atoms with Crippen LogP contribution in [0.3, 0.4) is 0 Å². The van der Waals surface area contributed by atoms with Gasteiger partial charge in [0.25, 0.3) is 0 Å². The zero-order chi connectivity index (χ0) is 47.2. The van der Waals surface area contributed by atoms with E-state index in [0.717, 1.165) is 0 Å². The van der Waals surface area contributed by atoms with Gasteiger partial charge in [-0.2, -0.15) is 0 Å². The molecule has 1 aromatic carbocycles. The van der Waals surface area contributed by atoms with Gasteiger partial charge in [-0.3, -0.25) is 0 Å². The summed E-state index contributed by atoms with van der Waals surface area (Å²) >= 11 is 0. The Morgan fingerprint density at radius 1 is 0.403 bits per heavy atom. The first kappa shape index (κ1) is 53.0. The molecule has 0 aromatic heterocycles. The van der Waals surface area contributed by atoms with Crippen molar-refractivity contribution >= 4 is 48.0 Å². The van der Waals surface area contributed by atoms with E-state index in [1.54, 1.807) is 24.3 Å². The van der Waals surface area contributed by atoms with Crippen LogP contribution in [0.25, 0.3) is 0 Å². The maximum atomic E-state index is 12.9. The molecule has 0 saturated carbocycles. The molecule has 0 radical (unpaired) electrons. The summed E-state index contributed by atoms with van der Waals surface area (Å²) in [6.07, 6.45) is -1.88. The number of hydrogen-bond acceptors (Lipinski definition) is 16. The van der Waals surface area contributed by atoms with Crippen molar-refractivity contribution in [3.05, 3.63) is 108 Å². The molecule has 0 atom stereocenters. The van der Waals surface area contributed by atoms with Gasteiger partial charge in [-0.15, -0.1) is 0 Å². The predicted octanol–water partition coefficient (Wildman–Crippen LogP) is 4.83. The quantitative estimate of drug-likeness (QED) is 0.0721. The van der Waals surface area contributed by atoms with Gasteiger partial charge in [-0.05, 0) is 52.7 Å². The zero-order valence-electron chi connectivity index (χ0n) is 36.2. The van der Waals surface area contributed by atoms with Crippen molar-refractivity contribution in [2.24, 2.45) is 10.8 Å². The summed E-state index contributed by atoms with van der Waals surface area (Å²) in [6.45, 7) is 25.4. The second-order valence-corrected chi connectivity index (χ2v) is 14.8. The van der Waals surface area contributed by atoms with E-state index >= 15 is 0 Å². The Bertz CT molecular complexity index is 1660. The van der Waals surface area contributed by atoms with E-state index in [4.69, 9.17) is 37.9 Å². The maximum absolute atomic E-state index is 12.9. The first-order chi connectivity index (χ1) is 28.9. The maximum Gasteiger partial charge on any atom is 0.407 e. The molecule has 0 saturated heterocycles. The van der Waals surface area contributed by atoms with Crippen LogP contribution in [0, 0.1) is 10.8 Å². The molecule has 0 aliphatic carbocycles. The molecule has 338 valence electrons. The molecule has 1 rings (SSSR count). The number of hydrogen-bond donors (Lipinski definition) is 2. The molecule has 0 fully saturated rings. The largest absolute Gasteiger partial charge is 0.461 e. The molecule has 0 heterocycles. The summed E-state index contributed by atoms with van der Waals surface area (Å²) in [5.41, 5.74) is -1.63. The van der Waals surface area contributed by atoms with Crippen molar-refractivity contribution in [1.82, 2.24) is 10.6 Å². The monoisotopic (exact) mass is 868 g/mol. The van der Waals surface area contributed by atoms with E-state index in [1.807, 2.05) is 0 Å². The third kappa shape index (κ3) is 19.8. The third-order valence-electron chi connectivity index (χ3n) is 8.03. The summed E-state index contributed by atoms with van der Waals surface area (Å²) in [7, 11) is 0. The van der Waals surface area contributed by atoms with E-state index < -0.39 is 112 Å². The van der Waals surface area contributed by atoms with Gasteiger partial charge in [0.05, 0.1) is 0 Å². The number of benzene rings is 1. The number of alkyl carbamates (subject to hydrolysis) is 2. The van der Waals surface area contributed by atoms with Crippen LogP contribution in [0.5, 0.6) is 0 Å². The van der Waals surface area contributed by atoms with Crippen molar-refractivity contribution in [3.63, 3.8) is 0 Å². The van der Waals surface area contributed by atoms with Gasteiger partial charge in [-0.1, -0.05) is 63.7 Å². The number of amides is 2.